The zero-order valence-electron chi connectivity index (χ0n) is 17.2. The molecule has 4 nitrogen and oxygen atoms in total. The molecule has 0 aromatic heterocycles. The first-order valence-electron chi connectivity index (χ1n) is 9.81. The highest BCUT2D eigenvalue weighted by Gasteiger charge is 2.51. The number of allylic oxidation sites excluding steroid dienone is 1. The lowest BCUT2D eigenvalue weighted by Gasteiger charge is -2.44. The minimum atomic E-state index is -2.86. The molecule has 154 valence electrons. The summed E-state index contributed by atoms with van der Waals surface area (Å²) in [6.45, 7) is 9.78. The number of esters is 2. The second kappa shape index (κ2) is 8.89. The number of hydrogen-bond donors (Lipinski definition) is 0. The van der Waals surface area contributed by atoms with Gasteiger partial charge in [-0.1, -0.05) is 63.6 Å². The summed E-state index contributed by atoms with van der Waals surface area (Å²) in [6.07, 6.45) is 2.74. The van der Waals surface area contributed by atoms with Gasteiger partial charge in [-0.15, -0.1) is 6.58 Å². The molecule has 2 rings (SSSR count). The quantitative estimate of drug-likeness (QED) is 0.382. The fourth-order valence-corrected chi connectivity index (χ4v) is 4.21. The summed E-state index contributed by atoms with van der Waals surface area (Å²) in [5, 5.41) is 0. The predicted octanol–water partition coefficient (Wildman–Crippen LogP) is 4.77. The van der Waals surface area contributed by atoms with Crippen molar-refractivity contribution in [2.24, 2.45) is 11.8 Å². The number of rotatable bonds is 7. The highest BCUT2D eigenvalue weighted by Crippen LogP contribution is 2.44. The van der Waals surface area contributed by atoms with Crippen molar-refractivity contribution in [3.63, 3.8) is 0 Å². The number of hydrogen-bond acceptors (Lipinski definition) is 4. The molecule has 4 atom stereocenters. The Balaban J connectivity index is 2.30. The molecule has 28 heavy (non-hydrogen) atoms. The molecule has 0 bridgehead atoms. The highest BCUT2D eigenvalue weighted by molar-refractivity contribution is 6.03. The van der Waals surface area contributed by atoms with Gasteiger partial charge < -0.3 is 9.47 Å². The van der Waals surface area contributed by atoms with Crippen LogP contribution in [0.4, 0.5) is 4.39 Å². The average Bonchev–Trinajstić information content (AvgIpc) is 2.67. The molecule has 0 radical (unpaired) electrons. The monoisotopic (exact) mass is 390 g/mol. The first-order chi connectivity index (χ1) is 13.2. The third kappa shape index (κ3) is 4.45. The van der Waals surface area contributed by atoms with Crippen LogP contribution in [0.5, 0.6) is 0 Å². The van der Waals surface area contributed by atoms with Gasteiger partial charge in [0.05, 0.1) is 7.11 Å². The smallest absolute Gasteiger partial charge is 0.356 e. The maximum atomic E-state index is 15.2. The van der Waals surface area contributed by atoms with E-state index in [1.54, 1.807) is 0 Å². The first-order valence-corrected chi connectivity index (χ1v) is 9.81. The number of carbonyl (C=O) groups excluding carboxylic acids is 2. The van der Waals surface area contributed by atoms with E-state index < -0.39 is 30.1 Å². The first kappa shape index (κ1) is 22.1. The van der Waals surface area contributed by atoms with Crippen molar-refractivity contribution < 1.29 is 23.5 Å². The number of benzene rings is 1. The SMILES string of the molecule is C=CC[C@](F)(C(=O)OC)C(=O)O[C@@H]1C[C@H](C)CC[C@H]1C(C)(C)c1ccccc1. The van der Waals surface area contributed by atoms with Crippen LogP contribution in [0.1, 0.15) is 52.0 Å². The molecular weight excluding hydrogens is 359 g/mol. The van der Waals surface area contributed by atoms with E-state index in [0.29, 0.717) is 12.3 Å². The summed E-state index contributed by atoms with van der Waals surface area (Å²) in [6, 6.07) is 10.0. The molecule has 1 aliphatic carbocycles. The van der Waals surface area contributed by atoms with E-state index in [1.165, 1.54) is 6.08 Å². The molecule has 1 saturated carbocycles. The summed E-state index contributed by atoms with van der Waals surface area (Å²) < 4.78 is 25.3. The third-order valence-electron chi connectivity index (χ3n) is 6.02. The Kier molecular flexibility index (Phi) is 7.02. The summed E-state index contributed by atoms with van der Waals surface area (Å²) in [5.74, 6) is -2.07. The lowest BCUT2D eigenvalue weighted by Crippen LogP contribution is -2.49. The molecule has 0 unspecified atom stereocenters. The topological polar surface area (TPSA) is 52.6 Å². The van der Waals surface area contributed by atoms with Crippen LogP contribution < -0.4 is 0 Å². The van der Waals surface area contributed by atoms with E-state index >= 15 is 4.39 Å². The van der Waals surface area contributed by atoms with Crippen molar-refractivity contribution in [1.29, 1.82) is 0 Å². The van der Waals surface area contributed by atoms with E-state index in [9.17, 15) is 9.59 Å². The molecule has 1 fully saturated rings. The Labute approximate surface area is 167 Å². The Hall–Kier alpha value is -2.17. The summed E-state index contributed by atoms with van der Waals surface area (Å²) in [7, 11) is 1.05. The van der Waals surface area contributed by atoms with E-state index in [-0.39, 0.29) is 11.3 Å². The maximum absolute atomic E-state index is 15.2. The molecule has 0 saturated heterocycles. The summed E-state index contributed by atoms with van der Waals surface area (Å²) in [5.41, 5.74) is -1.99. The molecule has 1 aromatic rings. The lowest BCUT2D eigenvalue weighted by atomic mass is 9.64. The molecule has 0 heterocycles. The third-order valence-corrected chi connectivity index (χ3v) is 6.02. The Morgan fingerprint density at radius 3 is 2.43 bits per heavy atom. The number of halogens is 1. The van der Waals surface area contributed by atoms with Crippen LogP contribution in [0.3, 0.4) is 0 Å². The molecule has 0 spiro atoms. The van der Waals surface area contributed by atoms with Crippen molar-refractivity contribution in [1.82, 2.24) is 0 Å². The van der Waals surface area contributed by atoms with Gasteiger partial charge in [0.25, 0.3) is 0 Å². The van der Waals surface area contributed by atoms with E-state index in [4.69, 9.17) is 4.74 Å². The number of methoxy groups -OCH3 is 1. The largest absolute Gasteiger partial charge is 0.466 e. The second-order valence-electron chi connectivity index (χ2n) is 8.34. The fourth-order valence-electron chi connectivity index (χ4n) is 4.21. The van der Waals surface area contributed by atoms with Crippen LogP contribution in [0, 0.1) is 11.8 Å². The average molecular weight is 390 g/mol. The second-order valence-corrected chi connectivity index (χ2v) is 8.34. The molecule has 1 aromatic carbocycles. The van der Waals surface area contributed by atoms with Gasteiger partial charge in [-0.25, -0.2) is 14.0 Å². The molecule has 1 aliphatic rings. The van der Waals surface area contributed by atoms with Crippen LogP contribution in [0.15, 0.2) is 43.0 Å². The standard InChI is InChI=1S/C23H31FO4/c1-6-14-23(24,20(25)27-5)21(26)28-19-15-16(2)12-13-18(19)22(3,4)17-10-8-7-9-11-17/h6-11,16,18-19H,1,12-15H2,2-5H3/t16-,18-,19-,23+/m1/s1. The normalized spacial score (nSPS) is 24.7. The maximum Gasteiger partial charge on any atom is 0.356 e. The fraction of sp³-hybridized carbons (Fsp3) is 0.565. The minimum Gasteiger partial charge on any atom is -0.466 e. The Morgan fingerprint density at radius 2 is 1.86 bits per heavy atom. The van der Waals surface area contributed by atoms with Gasteiger partial charge in [0.2, 0.25) is 0 Å². The number of carbonyl (C=O) groups is 2. The molecule has 0 amide bonds. The van der Waals surface area contributed by atoms with Crippen LogP contribution in [0.25, 0.3) is 0 Å². The van der Waals surface area contributed by atoms with Crippen molar-refractivity contribution >= 4 is 11.9 Å². The van der Waals surface area contributed by atoms with Gasteiger partial charge in [-0.2, -0.15) is 0 Å². The highest BCUT2D eigenvalue weighted by atomic mass is 19.1. The molecule has 5 heteroatoms. The van der Waals surface area contributed by atoms with Crippen LogP contribution >= 0.6 is 0 Å². The minimum absolute atomic E-state index is 0.0145. The Morgan fingerprint density at radius 1 is 1.21 bits per heavy atom. The van der Waals surface area contributed by atoms with Gasteiger partial charge in [-0.3, -0.25) is 0 Å². The molecular formula is C23H31FO4. The van der Waals surface area contributed by atoms with Gasteiger partial charge in [0, 0.05) is 12.3 Å². The lowest BCUT2D eigenvalue weighted by molar-refractivity contribution is -0.181. The van der Waals surface area contributed by atoms with Crippen molar-refractivity contribution in [2.75, 3.05) is 7.11 Å². The van der Waals surface area contributed by atoms with E-state index in [2.05, 4.69) is 44.2 Å². The summed E-state index contributed by atoms with van der Waals surface area (Å²) >= 11 is 0. The zero-order valence-corrected chi connectivity index (χ0v) is 17.2. The van der Waals surface area contributed by atoms with Gasteiger partial charge in [-0.05, 0) is 29.7 Å². The van der Waals surface area contributed by atoms with Crippen LogP contribution in [-0.4, -0.2) is 30.8 Å². The zero-order chi connectivity index (χ0) is 20.9. The number of alkyl halides is 1. The van der Waals surface area contributed by atoms with E-state index in [0.717, 1.165) is 25.5 Å². The predicted molar refractivity (Wildman–Crippen MR) is 107 cm³/mol. The van der Waals surface area contributed by atoms with Crippen molar-refractivity contribution in [3.8, 4) is 0 Å². The van der Waals surface area contributed by atoms with E-state index in [1.807, 2.05) is 18.2 Å². The van der Waals surface area contributed by atoms with Crippen molar-refractivity contribution in [2.45, 2.75) is 63.6 Å². The molecule has 0 N–H and O–H groups in total. The summed E-state index contributed by atoms with van der Waals surface area (Å²) in [4.78, 5) is 24.6. The number of ether oxygens (including phenoxy) is 2. The molecule has 0 aliphatic heterocycles. The van der Waals surface area contributed by atoms with Gasteiger partial charge >= 0.3 is 17.6 Å². The Bertz CT molecular complexity index is 700. The van der Waals surface area contributed by atoms with Gasteiger partial charge in [0.1, 0.15) is 6.10 Å². The van der Waals surface area contributed by atoms with Crippen LogP contribution in [-0.2, 0) is 24.5 Å². The van der Waals surface area contributed by atoms with Gasteiger partial charge in [0.15, 0.2) is 0 Å². The van der Waals surface area contributed by atoms with Crippen molar-refractivity contribution in [3.05, 3.63) is 48.6 Å². The van der Waals surface area contributed by atoms with Crippen LogP contribution in [0.2, 0.25) is 0 Å².